The van der Waals surface area contributed by atoms with Crippen molar-refractivity contribution in [2.24, 2.45) is 5.92 Å². The number of hydrogen-bond acceptors (Lipinski definition) is 4. The number of ether oxygens (including phenoxy) is 1. The van der Waals surface area contributed by atoms with Crippen LogP contribution in [0.1, 0.15) is 17.5 Å². The van der Waals surface area contributed by atoms with Crippen molar-refractivity contribution < 1.29 is 4.74 Å². The maximum Gasteiger partial charge on any atom is 0.124 e. The normalized spacial score (nSPS) is 22.7. The van der Waals surface area contributed by atoms with Crippen LogP contribution >= 0.6 is 0 Å². The van der Waals surface area contributed by atoms with Gasteiger partial charge in [0.1, 0.15) is 5.75 Å². The van der Waals surface area contributed by atoms with Crippen molar-refractivity contribution >= 4 is 5.69 Å². The predicted octanol–water partition coefficient (Wildman–Crippen LogP) is 3.17. The van der Waals surface area contributed by atoms with Crippen LogP contribution in [-0.2, 0) is 0 Å². The molecule has 2 aliphatic rings. The fraction of sp³-hybridized carbons (Fsp3) is 0.450. The van der Waals surface area contributed by atoms with E-state index in [1.165, 1.54) is 23.2 Å². The van der Waals surface area contributed by atoms with Crippen molar-refractivity contribution in [2.75, 3.05) is 31.6 Å². The zero-order chi connectivity index (χ0) is 16.7. The van der Waals surface area contributed by atoms with E-state index in [1.807, 2.05) is 12.4 Å². The van der Waals surface area contributed by atoms with Crippen LogP contribution in [0.2, 0.25) is 0 Å². The number of nitrogens with one attached hydrogen (secondary N) is 1. The number of piperidine rings is 1. The Morgan fingerprint density at radius 1 is 1.08 bits per heavy atom. The van der Waals surface area contributed by atoms with Gasteiger partial charge < -0.3 is 15.0 Å². The van der Waals surface area contributed by atoms with Gasteiger partial charge in [0.05, 0.1) is 19.0 Å². The minimum Gasteiger partial charge on any atom is -0.496 e. The Bertz CT molecular complexity index is 723. The molecule has 1 aromatic carbocycles. The van der Waals surface area contributed by atoms with Crippen molar-refractivity contribution in [3.05, 3.63) is 41.7 Å². The van der Waals surface area contributed by atoms with Crippen molar-refractivity contribution in [3.63, 3.8) is 0 Å². The number of nitrogens with zero attached hydrogens (tertiary/aromatic N) is 2. The standard InChI is InChI=1S/C20H25N3O/c1-13-4-16(5-14(2)20(13)24-3)17-7-19(10-21-9-17)23-11-15-6-18(12-23)22-8-15/h4-5,7,9-10,15,18,22H,6,8,11-12H2,1-3H3. The Morgan fingerprint density at radius 2 is 1.88 bits per heavy atom. The molecule has 126 valence electrons. The SMILES string of the molecule is COc1c(C)cc(-c2cncc(N3CC4CNC(C4)C3)c2)cc1C. The summed E-state index contributed by atoms with van der Waals surface area (Å²) < 4.78 is 5.49. The molecule has 3 heterocycles. The van der Waals surface area contributed by atoms with Gasteiger partial charge in [-0.25, -0.2) is 0 Å². The van der Waals surface area contributed by atoms with Gasteiger partial charge in [-0.3, -0.25) is 4.98 Å². The van der Waals surface area contributed by atoms with Gasteiger partial charge in [0.15, 0.2) is 0 Å². The third kappa shape index (κ3) is 2.75. The van der Waals surface area contributed by atoms with Crippen LogP contribution in [0.5, 0.6) is 5.75 Å². The van der Waals surface area contributed by atoms with Crippen molar-refractivity contribution in [1.29, 1.82) is 0 Å². The van der Waals surface area contributed by atoms with E-state index in [2.05, 4.69) is 47.2 Å². The van der Waals surface area contributed by atoms with Crippen LogP contribution < -0.4 is 15.0 Å². The van der Waals surface area contributed by atoms with Crippen molar-refractivity contribution in [1.82, 2.24) is 10.3 Å². The summed E-state index contributed by atoms with van der Waals surface area (Å²) in [6, 6.07) is 7.29. The summed E-state index contributed by atoms with van der Waals surface area (Å²) in [6.45, 7) is 7.57. The fourth-order valence-corrected chi connectivity index (χ4v) is 4.24. The largest absolute Gasteiger partial charge is 0.496 e. The number of rotatable bonds is 3. The lowest BCUT2D eigenvalue weighted by Crippen LogP contribution is -2.41. The van der Waals surface area contributed by atoms with Crippen LogP contribution in [0, 0.1) is 19.8 Å². The van der Waals surface area contributed by atoms with Gasteiger partial charge in [0.2, 0.25) is 0 Å². The van der Waals surface area contributed by atoms with Crippen LogP contribution in [0.25, 0.3) is 11.1 Å². The molecule has 0 amide bonds. The number of pyridine rings is 1. The molecule has 4 rings (SSSR count). The number of hydrogen-bond donors (Lipinski definition) is 1. The molecular formula is C20H25N3O. The second kappa shape index (κ2) is 6.10. The monoisotopic (exact) mass is 323 g/mol. The molecule has 24 heavy (non-hydrogen) atoms. The molecule has 0 aliphatic carbocycles. The molecule has 1 N–H and O–H groups in total. The zero-order valence-electron chi connectivity index (χ0n) is 14.7. The summed E-state index contributed by atoms with van der Waals surface area (Å²) in [4.78, 5) is 7.00. The average molecular weight is 323 g/mol. The molecule has 4 nitrogen and oxygen atoms in total. The lowest BCUT2D eigenvalue weighted by Gasteiger charge is -2.33. The number of aryl methyl sites for hydroxylation is 2. The van der Waals surface area contributed by atoms with Gasteiger partial charge in [0.25, 0.3) is 0 Å². The van der Waals surface area contributed by atoms with E-state index in [4.69, 9.17) is 4.74 Å². The molecule has 4 heteroatoms. The number of fused-ring (bicyclic) bond motifs is 2. The third-order valence-electron chi connectivity index (χ3n) is 5.32. The minimum atomic E-state index is 0.637. The molecule has 2 aliphatic heterocycles. The number of anilines is 1. The first-order valence-corrected chi connectivity index (χ1v) is 8.73. The smallest absolute Gasteiger partial charge is 0.124 e. The van der Waals surface area contributed by atoms with E-state index in [0.717, 1.165) is 42.4 Å². The van der Waals surface area contributed by atoms with Gasteiger partial charge in [-0.05, 0) is 61.1 Å². The van der Waals surface area contributed by atoms with Crippen molar-refractivity contribution in [2.45, 2.75) is 26.3 Å². The molecule has 0 spiro atoms. The van der Waals surface area contributed by atoms with E-state index in [1.54, 1.807) is 7.11 Å². The maximum absolute atomic E-state index is 5.49. The summed E-state index contributed by atoms with van der Waals surface area (Å²) in [5, 5.41) is 3.62. The topological polar surface area (TPSA) is 37.4 Å². The van der Waals surface area contributed by atoms with Crippen molar-refractivity contribution in [3.8, 4) is 16.9 Å². The van der Waals surface area contributed by atoms with Crippen LogP contribution in [0.15, 0.2) is 30.6 Å². The van der Waals surface area contributed by atoms with Gasteiger partial charge in [-0.1, -0.05) is 0 Å². The average Bonchev–Trinajstić information content (AvgIpc) is 2.92. The Labute approximate surface area is 143 Å². The summed E-state index contributed by atoms with van der Waals surface area (Å²) in [6.07, 6.45) is 5.28. The number of benzene rings is 1. The summed E-state index contributed by atoms with van der Waals surface area (Å²) in [5.41, 5.74) is 5.94. The first-order chi connectivity index (χ1) is 11.6. The fourth-order valence-electron chi connectivity index (χ4n) is 4.24. The second-order valence-electron chi connectivity index (χ2n) is 7.19. The summed E-state index contributed by atoms with van der Waals surface area (Å²) >= 11 is 0. The van der Waals surface area contributed by atoms with Crippen LogP contribution in [-0.4, -0.2) is 37.8 Å². The molecule has 1 aromatic heterocycles. The van der Waals surface area contributed by atoms with E-state index in [9.17, 15) is 0 Å². The molecule has 0 saturated carbocycles. The molecule has 0 radical (unpaired) electrons. The highest BCUT2D eigenvalue weighted by atomic mass is 16.5. The molecule has 2 aromatic rings. The first kappa shape index (κ1) is 15.5. The second-order valence-corrected chi connectivity index (χ2v) is 7.19. The third-order valence-corrected chi connectivity index (χ3v) is 5.32. The molecular weight excluding hydrogens is 298 g/mol. The van der Waals surface area contributed by atoms with E-state index in [0.29, 0.717) is 6.04 Å². The Morgan fingerprint density at radius 3 is 2.58 bits per heavy atom. The minimum absolute atomic E-state index is 0.637. The predicted molar refractivity (Wildman–Crippen MR) is 97.8 cm³/mol. The highest BCUT2D eigenvalue weighted by molar-refractivity contribution is 5.70. The van der Waals surface area contributed by atoms with Crippen LogP contribution in [0.3, 0.4) is 0 Å². The zero-order valence-corrected chi connectivity index (χ0v) is 14.7. The number of methoxy groups -OCH3 is 1. The molecule has 2 fully saturated rings. The maximum atomic E-state index is 5.49. The highest BCUT2D eigenvalue weighted by Gasteiger charge is 2.32. The van der Waals surface area contributed by atoms with E-state index >= 15 is 0 Å². The van der Waals surface area contributed by atoms with Gasteiger partial charge in [0, 0.05) is 37.4 Å². The molecule has 2 unspecified atom stereocenters. The first-order valence-electron chi connectivity index (χ1n) is 8.73. The van der Waals surface area contributed by atoms with E-state index in [-0.39, 0.29) is 0 Å². The Hall–Kier alpha value is -2.07. The summed E-state index contributed by atoms with van der Waals surface area (Å²) in [7, 11) is 1.73. The summed E-state index contributed by atoms with van der Waals surface area (Å²) in [5.74, 6) is 1.75. The molecule has 2 saturated heterocycles. The lowest BCUT2D eigenvalue weighted by atomic mass is 9.98. The Kier molecular flexibility index (Phi) is 3.93. The molecule has 2 bridgehead atoms. The number of aromatic nitrogens is 1. The van der Waals surface area contributed by atoms with Gasteiger partial charge >= 0.3 is 0 Å². The quantitative estimate of drug-likeness (QED) is 0.941. The highest BCUT2D eigenvalue weighted by Crippen LogP contribution is 2.32. The van der Waals surface area contributed by atoms with E-state index < -0.39 is 0 Å². The van der Waals surface area contributed by atoms with Gasteiger partial charge in [-0.2, -0.15) is 0 Å². The Balaban J connectivity index is 1.65. The lowest BCUT2D eigenvalue weighted by molar-refractivity contribution is 0.408. The van der Waals surface area contributed by atoms with Crippen LogP contribution in [0.4, 0.5) is 5.69 Å². The molecule has 2 atom stereocenters. The van der Waals surface area contributed by atoms with Gasteiger partial charge in [-0.15, -0.1) is 0 Å².